The van der Waals surface area contributed by atoms with E-state index in [9.17, 15) is 4.79 Å². The molecule has 1 amide bonds. The lowest BCUT2D eigenvalue weighted by Crippen LogP contribution is -2.54. The topological polar surface area (TPSA) is 44.8 Å². The van der Waals surface area contributed by atoms with E-state index in [-0.39, 0.29) is 30.7 Å². The molecule has 0 spiro atoms. The summed E-state index contributed by atoms with van der Waals surface area (Å²) in [6.07, 6.45) is 0.301. The third-order valence-electron chi connectivity index (χ3n) is 4.45. The summed E-state index contributed by atoms with van der Waals surface area (Å²) in [6.45, 7) is 13.6. The van der Waals surface area contributed by atoms with Gasteiger partial charge in [0.05, 0.1) is 12.7 Å². The molecule has 1 unspecified atom stereocenters. The van der Waals surface area contributed by atoms with Gasteiger partial charge in [0.1, 0.15) is 0 Å². The molecule has 7 heteroatoms. The van der Waals surface area contributed by atoms with Crippen LogP contribution in [0.15, 0.2) is 0 Å². The summed E-state index contributed by atoms with van der Waals surface area (Å²) >= 11 is 0. The Kier molecular flexibility index (Phi) is 10.6. The molecule has 5 nitrogen and oxygen atoms in total. The molecule has 2 saturated heterocycles. The zero-order valence-corrected chi connectivity index (χ0v) is 15.5. The largest absolute Gasteiger partial charge is 0.377 e. The van der Waals surface area contributed by atoms with Crippen LogP contribution in [-0.2, 0) is 9.53 Å². The lowest BCUT2D eigenvalue weighted by molar-refractivity contribution is -0.139. The highest BCUT2D eigenvalue weighted by molar-refractivity contribution is 5.85. The minimum Gasteiger partial charge on any atom is -0.377 e. The van der Waals surface area contributed by atoms with Crippen LogP contribution in [0, 0.1) is 11.8 Å². The van der Waals surface area contributed by atoms with Crippen molar-refractivity contribution in [2.45, 2.75) is 26.9 Å². The number of ether oxygens (including phenoxy) is 1. The van der Waals surface area contributed by atoms with Crippen LogP contribution >= 0.6 is 24.8 Å². The fourth-order valence-corrected chi connectivity index (χ4v) is 2.76. The molecule has 132 valence electrons. The fourth-order valence-electron chi connectivity index (χ4n) is 2.76. The van der Waals surface area contributed by atoms with Crippen LogP contribution in [0.2, 0.25) is 0 Å². The number of hydrogen-bond acceptors (Lipinski definition) is 4. The zero-order valence-electron chi connectivity index (χ0n) is 13.9. The molecule has 0 aliphatic carbocycles. The van der Waals surface area contributed by atoms with E-state index in [1.54, 1.807) is 0 Å². The van der Waals surface area contributed by atoms with Crippen LogP contribution in [0.4, 0.5) is 0 Å². The van der Waals surface area contributed by atoms with Gasteiger partial charge in [-0.25, -0.2) is 0 Å². The molecule has 2 aliphatic heterocycles. The highest BCUT2D eigenvalue weighted by Crippen LogP contribution is 2.19. The average Bonchev–Trinajstić information content (AvgIpc) is 2.36. The Labute approximate surface area is 146 Å². The highest BCUT2D eigenvalue weighted by Gasteiger charge is 2.32. The highest BCUT2D eigenvalue weighted by atomic mass is 35.5. The minimum atomic E-state index is 0. The summed E-state index contributed by atoms with van der Waals surface area (Å²) in [7, 11) is 0. The number of piperazine rings is 1. The molecule has 0 bridgehead atoms. The van der Waals surface area contributed by atoms with E-state index in [0.29, 0.717) is 17.9 Å². The normalized spacial score (nSPS) is 20.8. The molecule has 2 aliphatic rings. The molecule has 0 aromatic heterocycles. The summed E-state index contributed by atoms with van der Waals surface area (Å²) in [5.74, 6) is 1.06. The summed E-state index contributed by atoms with van der Waals surface area (Å²) in [4.78, 5) is 16.8. The Bertz CT molecular complexity index is 320. The maximum Gasteiger partial charge on any atom is 0.225 e. The summed E-state index contributed by atoms with van der Waals surface area (Å²) < 4.78 is 5.58. The van der Waals surface area contributed by atoms with Crippen molar-refractivity contribution in [3.05, 3.63) is 0 Å². The maximum atomic E-state index is 12.4. The standard InChI is InChI=1S/C15H29N3O2.2ClH/c1-12(2)20-9-8-17-4-6-18(7-5-17)15(19)13(3)14-10-16-11-14;;/h12-14,16H,4-11H2,1-3H3;2*1H. The molecular weight excluding hydrogens is 325 g/mol. The molecule has 0 saturated carbocycles. The second-order valence-electron chi connectivity index (χ2n) is 6.29. The number of carbonyl (C=O) groups excluding carboxylic acids is 1. The van der Waals surface area contributed by atoms with Crippen molar-refractivity contribution in [1.29, 1.82) is 0 Å². The summed E-state index contributed by atoms with van der Waals surface area (Å²) in [5.41, 5.74) is 0. The van der Waals surface area contributed by atoms with Crippen LogP contribution in [0.3, 0.4) is 0 Å². The number of halogens is 2. The van der Waals surface area contributed by atoms with Gasteiger partial charge in [0.15, 0.2) is 0 Å². The van der Waals surface area contributed by atoms with E-state index in [1.165, 1.54) is 0 Å². The molecular formula is C15H31Cl2N3O2. The van der Waals surface area contributed by atoms with Gasteiger partial charge in [-0.15, -0.1) is 24.8 Å². The Balaban J connectivity index is 0.00000220. The first-order valence-electron chi connectivity index (χ1n) is 7.91. The quantitative estimate of drug-likeness (QED) is 0.778. The van der Waals surface area contributed by atoms with Crippen LogP contribution in [-0.4, -0.2) is 74.2 Å². The van der Waals surface area contributed by atoms with E-state index in [2.05, 4.69) is 31.0 Å². The predicted molar refractivity (Wildman–Crippen MR) is 94.1 cm³/mol. The minimum absolute atomic E-state index is 0. The van der Waals surface area contributed by atoms with Gasteiger partial charge in [-0.1, -0.05) is 6.92 Å². The van der Waals surface area contributed by atoms with E-state index in [4.69, 9.17) is 4.74 Å². The van der Waals surface area contributed by atoms with Crippen molar-refractivity contribution >= 4 is 30.7 Å². The zero-order chi connectivity index (χ0) is 14.5. The summed E-state index contributed by atoms with van der Waals surface area (Å²) in [5, 5.41) is 3.25. The third kappa shape index (κ3) is 6.20. The van der Waals surface area contributed by atoms with Gasteiger partial charge in [-0.05, 0) is 32.9 Å². The molecule has 0 aromatic rings. The first-order chi connectivity index (χ1) is 9.58. The van der Waals surface area contributed by atoms with Gasteiger partial charge in [0, 0.05) is 38.6 Å². The number of nitrogens with zero attached hydrogens (tertiary/aromatic N) is 2. The molecule has 2 heterocycles. The number of rotatable bonds is 6. The van der Waals surface area contributed by atoms with Crippen LogP contribution in [0.1, 0.15) is 20.8 Å². The van der Waals surface area contributed by atoms with Gasteiger partial charge in [0.2, 0.25) is 5.91 Å². The Hall–Kier alpha value is -0.0700. The number of nitrogens with one attached hydrogen (secondary N) is 1. The predicted octanol–water partition coefficient (Wildman–Crippen LogP) is 1.25. The molecule has 1 N–H and O–H groups in total. The Morgan fingerprint density at radius 2 is 1.73 bits per heavy atom. The molecule has 2 fully saturated rings. The first-order valence-corrected chi connectivity index (χ1v) is 7.91. The average molecular weight is 356 g/mol. The molecule has 2 rings (SSSR count). The van der Waals surface area contributed by atoms with Crippen LogP contribution in [0.5, 0.6) is 0 Å². The van der Waals surface area contributed by atoms with Crippen molar-refractivity contribution in [2.75, 3.05) is 52.4 Å². The van der Waals surface area contributed by atoms with Gasteiger partial charge < -0.3 is 15.0 Å². The van der Waals surface area contributed by atoms with Crippen molar-refractivity contribution < 1.29 is 9.53 Å². The van der Waals surface area contributed by atoms with Gasteiger partial charge in [-0.2, -0.15) is 0 Å². The van der Waals surface area contributed by atoms with Crippen molar-refractivity contribution in [3.8, 4) is 0 Å². The molecule has 0 aromatic carbocycles. The first kappa shape index (κ1) is 21.9. The van der Waals surface area contributed by atoms with Crippen molar-refractivity contribution in [2.24, 2.45) is 11.8 Å². The van der Waals surface area contributed by atoms with Crippen molar-refractivity contribution in [1.82, 2.24) is 15.1 Å². The van der Waals surface area contributed by atoms with Crippen LogP contribution < -0.4 is 5.32 Å². The maximum absolute atomic E-state index is 12.4. The van der Waals surface area contributed by atoms with E-state index >= 15 is 0 Å². The number of carbonyl (C=O) groups is 1. The summed E-state index contributed by atoms with van der Waals surface area (Å²) in [6, 6.07) is 0. The van der Waals surface area contributed by atoms with Crippen LogP contribution in [0.25, 0.3) is 0 Å². The lowest BCUT2D eigenvalue weighted by atomic mass is 9.88. The molecule has 22 heavy (non-hydrogen) atoms. The Morgan fingerprint density at radius 1 is 1.14 bits per heavy atom. The lowest BCUT2D eigenvalue weighted by Gasteiger charge is -2.39. The second-order valence-corrected chi connectivity index (χ2v) is 6.29. The van der Waals surface area contributed by atoms with Crippen molar-refractivity contribution in [3.63, 3.8) is 0 Å². The monoisotopic (exact) mass is 355 g/mol. The van der Waals surface area contributed by atoms with Gasteiger partial charge in [-0.3, -0.25) is 9.69 Å². The number of hydrogen-bond donors (Lipinski definition) is 1. The van der Waals surface area contributed by atoms with E-state index in [1.807, 2.05) is 4.90 Å². The molecule has 0 radical (unpaired) electrons. The second kappa shape index (κ2) is 10.7. The van der Waals surface area contributed by atoms with E-state index < -0.39 is 0 Å². The molecule has 1 atom stereocenters. The van der Waals surface area contributed by atoms with Gasteiger partial charge >= 0.3 is 0 Å². The van der Waals surface area contributed by atoms with Gasteiger partial charge in [0.25, 0.3) is 0 Å². The smallest absolute Gasteiger partial charge is 0.225 e. The van der Waals surface area contributed by atoms with E-state index in [0.717, 1.165) is 52.4 Å². The SMILES string of the molecule is CC(C)OCCN1CCN(C(=O)C(C)C2CNC2)CC1.Cl.Cl. The number of amides is 1. The fraction of sp³-hybridized carbons (Fsp3) is 0.933. The third-order valence-corrected chi connectivity index (χ3v) is 4.45. The Morgan fingerprint density at radius 3 is 2.18 bits per heavy atom.